The number of hydrogen-bond acceptors (Lipinski definition) is 2. The zero-order chi connectivity index (χ0) is 10.8. The van der Waals surface area contributed by atoms with Gasteiger partial charge in [0.15, 0.2) is 0 Å². The highest BCUT2D eigenvalue weighted by Gasteiger charge is 2.42. The summed E-state index contributed by atoms with van der Waals surface area (Å²) in [5.74, 6) is 0.606. The minimum absolute atomic E-state index is 0.111. The molecule has 0 radical (unpaired) electrons. The van der Waals surface area contributed by atoms with Crippen LogP contribution in [0.4, 0.5) is 4.79 Å². The molecule has 0 aromatic carbocycles. The van der Waals surface area contributed by atoms with Crippen LogP contribution in [0.25, 0.3) is 0 Å². The fourth-order valence-corrected chi connectivity index (χ4v) is 3.00. The Morgan fingerprint density at radius 2 is 2.00 bits per heavy atom. The Morgan fingerprint density at radius 1 is 1.33 bits per heavy atom. The van der Waals surface area contributed by atoms with Gasteiger partial charge in [0.2, 0.25) is 0 Å². The normalized spacial score (nSPS) is 33.2. The predicted molar refractivity (Wildman–Crippen MR) is 58.7 cm³/mol. The van der Waals surface area contributed by atoms with E-state index in [1.807, 2.05) is 11.8 Å². The van der Waals surface area contributed by atoms with Gasteiger partial charge in [-0.05, 0) is 32.6 Å². The summed E-state index contributed by atoms with van der Waals surface area (Å²) in [6, 6.07) is 0.269. The predicted octanol–water partition coefficient (Wildman–Crippen LogP) is 2.80. The molecular weight excluding hydrogens is 190 g/mol. The van der Waals surface area contributed by atoms with Gasteiger partial charge in [0.1, 0.15) is 6.10 Å². The number of hydrogen-bond donors (Lipinski definition) is 0. The molecule has 2 aliphatic rings. The third-order valence-corrected chi connectivity index (χ3v) is 3.89. The molecule has 1 saturated carbocycles. The summed E-state index contributed by atoms with van der Waals surface area (Å²) in [5.41, 5.74) is 0. The van der Waals surface area contributed by atoms with Gasteiger partial charge in [-0.1, -0.05) is 19.3 Å². The Morgan fingerprint density at radius 3 is 2.53 bits per heavy atom. The smallest absolute Gasteiger partial charge is 0.410 e. The topological polar surface area (TPSA) is 29.5 Å². The molecule has 0 aromatic heterocycles. The second-order valence-electron chi connectivity index (χ2n) is 4.77. The van der Waals surface area contributed by atoms with Gasteiger partial charge in [-0.15, -0.1) is 0 Å². The van der Waals surface area contributed by atoms with Crippen molar-refractivity contribution in [1.29, 1.82) is 0 Å². The first kappa shape index (κ1) is 10.8. The number of carbonyl (C=O) groups is 1. The van der Waals surface area contributed by atoms with E-state index in [4.69, 9.17) is 4.74 Å². The standard InChI is InChI=1S/C12H21NO2/c1-3-13-9(2)11(15-12(13)14)10-7-5-4-6-8-10/h9-11H,3-8H2,1-2H3/t9-,11-/m0/s1. The lowest BCUT2D eigenvalue weighted by Crippen LogP contribution is -2.37. The Balaban J connectivity index is 2.01. The zero-order valence-corrected chi connectivity index (χ0v) is 9.74. The summed E-state index contributed by atoms with van der Waals surface area (Å²) in [7, 11) is 0. The van der Waals surface area contributed by atoms with Crippen LogP contribution in [0.5, 0.6) is 0 Å². The molecule has 0 aromatic rings. The summed E-state index contributed by atoms with van der Waals surface area (Å²) in [5, 5.41) is 0. The summed E-state index contributed by atoms with van der Waals surface area (Å²) in [4.78, 5) is 13.4. The summed E-state index contributed by atoms with van der Waals surface area (Å²) >= 11 is 0. The maximum atomic E-state index is 11.6. The van der Waals surface area contributed by atoms with Crippen LogP contribution >= 0.6 is 0 Å². The van der Waals surface area contributed by atoms with Crippen LogP contribution in [0, 0.1) is 5.92 Å². The minimum atomic E-state index is -0.111. The van der Waals surface area contributed by atoms with Crippen LogP contribution < -0.4 is 0 Å². The molecule has 15 heavy (non-hydrogen) atoms. The van der Waals surface area contributed by atoms with Crippen molar-refractivity contribution in [3.8, 4) is 0 Å². The van der Waals surface area contributed by atoms with Crippen LogP contribution in [-0.2, 0) is 4.74 Å². The molecule has 0 bridgehead atoms. The SMILES string of the molecule is CCN1C(=O)O[C@H](C2CCCCC2)[C@@H]1C. The average Bonchev–Trinajstić information content (AvgIpc) is 2.55. The third-order valence-electron chi connectivity index (χ3n) is 3.89. The van der Waals surface area contributed by atoms with Gasteiger partial charge < -0.3 is 9.64 Å². The molecular formula is C12H21NO2. The lowest BCUT2D eigenvalue weighted by molar-refractivity contribution is 0.0764. The van der Waals surface area contributed by atoms with Crippen LogP contribution in [0.15, 0.2) is 0 Å². The highest BCUT2D eigenvalue weighted by atomic mass is 16.6. The summed E-state index contributed by atoms with van der Waals surface area (Å²) in [6.45, 7) is 4.90. The molecule has 2 atom stereocenters. The quantitative estimate of drug-likeness (QED) is 0.703. The first-order chi connectivity index (χ1) is 7.24. The molecule has 3 nitrogen and oxygen atoms in total. The van der Waals surface area contributed by atoms with Crippen molar-refractivity contribution in [3.05, 3.63) is 0 Å². The van der Waals surface area contributed by atoms with E-state index >= 15 is 0 Å². The van der Waals surface area contributed by atoms with Gasteiger partial charge >= 0.3 is 6.09 Å². The Bertz CT molecular complexity index is 236. The van der Waals surface area contributed by atoms with Crippen molar-refractivity contribution in [2.24, 2.45) is 5.92 Å². The maximum absolute atomic E-state index is 11.6. The van der Waals surface area contributed by atoms with Crippen molar-refractivity contribution in [2.45, 2.75) is 58.1 Å². The van der Waals surface area contributed by atoms with Crippen molar-refractivity contribution in [3.63, 3.8) is 0 Å². The van der Waals surface area contributed by atoms with Crippen molar-refractivity contribution in [1.82, 2.24) is 4.90 Å². The fraction of sp³-hybridized carbons (Fsp3) is 0.917. The van der Waals surface area contributed by atoms with Crippen LogP contribution in [0.3, 0.4) is 0 Å². The molecule has 1 amide bonds. The van der Waals surface area contributed by atoms with Crippen LogP contribution in [0.1, 0.15) is 46.0 Å². The van der Waals surface area contributed by atoms with Crippen LogP contribution in [0.2, 0.25) is 0 Å². The second kappa shape index (κ2) is 4.42. The summed E-state index contributed by atoms with van der Waals surface area (Å²) in [6.07, 6.45) is 6.47. The molecule has 2 rings (SSSR count). The van der Waals surface area contributed by atoms with Crippen LogP contribution in [-0.4, -0.2) is 29.7 Å². The average molecular weight is 211 g/mol. The van der Waals surface area contributed by atoms with E-state index in [0.29, 0.717) is 5.92 Å². The first-order valence-corrected chi connectivity index (χ1v) is 6.21. The third kappa shape index (κ3) is 1.97. The van der Waals surface area contributed by atoms with Crippen molar-refractivity contribution >= 4 is 6.09 Å². The molecule has 3 heteroatoms. The fourth-order valence-electron chi connectivity index (χ4n) is 3.00. The molecule has 1 aliphatic carbocycles. The molecule has 1 saturated heterocycles. The maximum Gasteiger partial charge on any atom is 0.410 e. The highest BCUT2D eigenvalue weighted by molar-refractivity contribution is 5.70. The first-order valence-electron chi connectivity index (χ1n) is 6.21. The molecule has 0 N–H and O–H groups in total. The van der Waals surface area contributed by atoms with E-state index in [9.17, 15) is 4.79 Å². The van der Waals surface area contributed by atoms with Crippen molar-refractivity contribution < 1.29 is 9.53 Å². The zero-order valence-electron chi connectivity index (χ0n) is 9.74. The Kier molecular flexibility index (Phi) is 3.17. The van der Waals surface area contributed by atoms with Gasteiger partial charge in [0.05, 0.1) is 6.04 Å². The van der Waals surface area contributed by atoms with E-state index < -0.39 is 0 Å². The molecule has 2 fully saturated rings. The van der Waals surface area contributed by atoms with Gasteiger partial charge in [-0.25, -0.2) is 4.79 Å². The largest absolute Gasteiger partial charge is 0.444 e. The van der Waals surface area contributed by atoms with Gasteiger partial charge in [-0.3, -0.25) is 0 Å². The monoisotopic (exact) mass is 211 g/mol. The molecule has 0 spiro atoms. The van der Waals surface area contributed by atoms with E-state index in [2.05, 4.69) is 6.92 Å². The van der Waals surface area contributed by atoms with Gasteiger partial charge in [0.25, 0.3) is 0 Å². The van der Waals surface area contributed by atoms with E-state index in [-0.39, 0.29) is 18.2 Å². The number of cyclic esters (lactones) is 1. The molecule has 0 unspecified atom stereocenters. The number of amides is 1. The second-order valence-corrected chi connectivity index (χ2v) is 4.77. The number of ether oxygens (including phenoxy) is 1. The number of likely N-dealkylation sites (N-methyl/N-ethyl adjacent to an activating group) is 1. The number of rotatable bonds is 2. The lowest BCUT2D eigenvalue weighted by Gasteiger charge is -2.29. The minimum Gasteiger partial charge on any atom is -0.444 e. The number of nitrogens with zero attached hydrogens (tertiary/aromatic N) is 1. The van der Waals surface area contributed by atoms with Gasteiger partial charge in [-0.2, -0.15) is 0 Å². The Hall–Kier alpha value is -0.730. The Labute approximate surface area is 91.8 Å². The molecule has 1 heterocycles. The number of carbonyl (C=O) groups excluding carboxylic acids is 1. The lowest BCUT2D eigenvalue weighted by atomic mass is 9.83. The summed E-state index contributed by atoms with van der Waals surface area (Å²) < 4.78 is 5.50. The van der Waals surface area contributed by atoms with E-state index in [1.165, 1.54) is 32.1 Å². The molecule has 86 valence electrons. The van der Waals surface area contributed by atoms with E-state index in [0.717, 1.165) is 6.54 Å². The molecule has 1 aliphatic heterocycles. The van der Waals surface area contributed by atoms with Crippen molar-refractivity contribution in [2.75, 3.05) is 6.54 Å². The highest BCUT2D eigenvalue weighted by Crippen LogP contribution is 2.34. The van der Waals surface area contributed by atoms with E-state index in [1.54, 1.807) is 0 Å². The van der Waals surface area contributed by atoms with Gasteiger partial charge in [0, 0.05) is 6.54 Å².